The van der Waals surface area contributed by atoms with Crippen LogP contribution in [0.2, 0.25) is 5.02 Å². The fourth-order valence-corrected chi connectivity index (χ4v) is 9.40. The maximum Gasteiger partial charge on any atom is 0.260 e. The van der Waals surface area contributed by atoms with Gasteiger partial charge in [0.1, 0.15) is 11.6 Å². The largest absolute Gasteiger partial charge is 0.508 e. The molecule has 8 rings (SSSR count). The van der Waals surface area contributed by atoms with E-state index in [1.807, 2.05) is 25.1 Å². The highest BCUT2D eigenvalue weighted by Crippen LogP contribution is 2.65. The summed E-state index contributed by atoms with van der Waals surface area (Å²) in [5.41, 5.74) is 4.84. The monoisotopic (exact) mass is 767 g/mol. The molecule has 0 radical (unpaired) electrons. The van der Waals surface area contributed by atoms with Crippen LogP contribution < -0.4 is 10.3 Å². The molecule has 2 aliphatic heterocycles. The van der Waals surface area contributed by atoms with Crippen LogP contribution in [0.4, 0.5) is 15.8 Å². The number of aromatic hydroxyl groups is 1. The lowest BCUT2D eigenvalue weighted by atomic mass is 9.49. The second-order valence-corrected chi connectivity index (χ2v) is 15.0. The summed E-state index contributed by atoms with van der Waals surface area (Å²) in [6.07, 6.45) is 3.09. The number of phenols is 1. The third-order valence-electron chi connectivity index (χ3n) is 11.2. The van der Waals surface area contributed by atoms with Gasteiger partial charge in [-0.05, 0) is 103 Å². The molecule has 0 bridgehead atoms. The Kier molecular flexibility index (Phi) is 8.14. The molecule has 11 heteroatoms. The topological polar surface area (TPSA) is 107 Å². The normalized spacial score (nSPS) is 26.9. The van der Waals surface area contributed by atoms with Crippen LogP contribution in [0.25, 0.3) is 0 Å². The van der Waals surface area contributed by atoms with Gasteiger partial charge in [-0.15, -0.1) is 0 Å². The quantitative estimate of drug-likeness (QED) is 0.154. The minimum absolute atomic E-state index is 0.0874. The summed E-state index contributed by atoms with van der Waals surface area (Å²) >= 11 is 9.89. The number of anilines is 2. The number of allylic oxidation sites excluding steroid dienone is 2. The van der Waals surface area contributed by atoms with Gasteiger partial charge >= 0.3 is 0 Å². The molecule has 258 valence electrons. The molecule has 1 saturated carbocycles. The summed E-state index contributed by atoms with van der Waals surface area (Å²) in [6.45, 7) is 2.03. The number of hydrogen-bond donors (Lipinski definition) is 2. The van der Waals surface area contributed by atoms with Crippen LogP contribution in [-0.4, -0.2) is 33.7 Å². The van der Waals surface area contributed by atoms with Crippen molar-refractivity contribution >= 4 is 62.5 Å². The van der Waals surface area contributed by atoms with Gasteiger partial charge in [-0.1, -0.05) is 70.4 Å². The molecule has 4 aromatic carbocycles. The van der Waals surface area contributed by atoms with Crippen molar-refractivity contribution < 1.29 is 28.7 Å². The number of hydrogen-bond acceptors (Lipinski definition) is 6. The maximum atomic E-state index is 15.2. The molecule has 3 fully saturated rings. The second kappa shape index (κ2) is 12.5. The summed E-state index contributed by atoms with van der Waals surface area (Å²) in [5, 5.41) is 12.9. The van der Waals surface area contributed by atoms with E-state index in [9.17, 15) is 23.9 Å². The second-order valence-electron chi connectivity index (χ2n) is 13.6. The Labute approximate surface area is 307 Å². The van der Waals surface area contributed by atoms with Crippen molar-refractivity contribution in [2.45, 2.75) is 37.5 Å². The number of nitrogens with one attached hydrogen (secondary N) is 1. The standard InChI is InChI=1S/C40H32BrClFN3O5/c1-2-21-3-14-27(15-4-21)45-36(48)29-17-16-28-30(34(29)38(45)50)20-32-37(49)46(44-26-12-10-25(43)11-13-26)39(51)40(32,22-5-8-24(42)9-6-22)35(28)31-19-23(41)7-18-33(31)47/h3-16,18-19,29-30,32,34-35,44,47H,2,17,20H2,1H3/t29-,30+,32-,34-,35+,40+/m0/s1. The predicted octanol–water partition coefficient (Wildman–Crippen LogP) is 7.70. The van der Waals surface area contributed by atoms with Crippen LogP contribution in [0.1, 0.15) is 42.4 Å². The van der Waals surface area contributed by atoms with E-state index in [0.717, 1.165) is 17.0 Å². The van der Waals surface area contributed by atoms with Gasteiger partial charge in [0.15, 0.2) is 0 Å². The number of imide groups is 2. The third-order valence-corrected chi connectivity index (χ3v) is 11.9. The number of amides is 4. The molecule has 4 aromatic rings. The van der Waals surface area contributed by atoms with Crippen LogP contribution in [0.5, 0.6) is 5.75 Å². The number of nitrogens with zero attached hydrogens (tertiary/aromatic N) is 2. The molecule has 2 saturated heterocycles. The molecule has 2 N–H and O–H groups in total. The molecular weight excluding hydrogens is 737 g/mol. The Morgan fingerprint density at radius 3 is 2.29 bits per heavy atom. The van der Waals surface area contributed by atoms with Gasteiger partial charge in [-0.25, -0.2) is 4.39 Å². The number of benzene rings is 4. The molecule has 2 aliphatic carbocycles. The Morgan fingerprint density at radius 2 is 1.61 bits per heavy atom. The lowest BCUT2D eigenvalue weighted by Gasteiger charge is -2.50. The number of carbonyl (C=O) groups is 4. The average Bonchev–Trinajstić information content (AvgIpc) is 3.51. The van der Waals surface area contributed by atoms with Gasteiger partial charge in [0.05, 0.1) is 34.5 Å². The molecule has 51 heavy (non-hydrogen) atoms. The van der Waals surface area contributed by atoms with Gasteiger partial charge < -0.3 is 5.11 Å². The van der Waals surface area contributed by atoms with Crippen molar-refractivity contribution in [3.05, 3.63) is 135 Å². The number of fused-ring (bicyclic) bond motifs is 4. The number of rotatable bonds is 6. The average molecular weight is 769 g/mol. The minimum Gasteiger partial charge on any atom is -0.508 e. The van der Waals surface area contributed by atoms with E-state index in [-0.39, 0.29) is 30.4 Å². The smallest absolute Gasteiger partial charge is 0.260 e. The first-order valence-electron chi connectivity index (χ1n) is 16.9. The fourth-order valence-electron chi connectivity index (χ4n) is 8.89. The summed E-state index contributed by atoms with van der Waals surface area (Å²) in [6, 6.07) is 24.4. The lowest BCUT2D eigenvalue weighted by molar-refractivity contribution is -0.138. The van der Waals surface area contributed by atoms with E-state index in [2.05, 4.69) is 21.4 Å². The van der Waals surface area contributed by atoms with Gasteiger partial charge in [0, 0.05) is 21.0 Å². The summed E-state index contributed by atoms with van der Waals surface area (Å²) < 4.78 is 14.5. The van der Waals surface area contributed by atoms with Gasteiger partial charge in [-0.3, -0.25) is 29.5 Å². The van der Waals surface area contributed by atoms with Crippen molar-refractivity contribution in [2.75, 3.05) is 10.3 Å². The molecule has 6 atom stereocenters. The Morgan fingerprint density at radius 1 is 0.902 bits per heavy atom. The molecular formula is C40H32BrClFN3O5. The highest BCUT2D eigenvalue weighted by Gasteiger charge is 2.70. The molecule has 2 heterocycles. The predicted molar refractivity (Wildman–Crippen MR) is 193 cm³/mol. The van der Waals surface area contributed by atoms with Crippen LogP contribution in [0.3, 0.4) is 0 Å². The van der Waals surface area contributed by atoms with E-state index >= 15 is 4.79 Å². The Bertz CT molecular complexity index is 2140. The van der Waals surface area contributed by atoms with Crippen LogP contribution >= 0.6 is 27.5 Å². The van der Waals surface area contributed by atoms with E-state index in [1.165, 1.54) is 35.2 Å². The zero-order valence-electron chi connectivity index (χ0n) is 27.4. The first-order valence-corrected chi connectivity index (χ1v) is 18.0. The number of halogens is 3. The first-order chi connectivity index (χ1) is 24.5. The van der Waals surface area contributed by atoms with Crippen LogP contribution in [0.15, 0.2) is 107 Å². The number of phenolic OH excluding ortho intramolecular Hbond substituents is 1. The highest BCUT2D eigenvalue weighted by atomic mass is 79.9. The number of carbonyl (C=O) groups excluding carboxylic acids is 4. The van der Waals surface area contributed by atoms with Gasteiger partial charge in [0.25, 0.3) is 11.8 Å². The highest BCUT2D eigenvalue weighted by molar-refractivity contribution is 9.10. The van der Waals surface area contributed by atoms with Gasteiger partial charge in [-0.2, -0.15) is 5.01 Å². The molecule has 4 amide bonds. The van der Waals surface area contributed by atoms with E-state index in [0.29, 0.717) is 37.6 Å². The maximum absolute atomic E-state index is 15.2. The molecule has 0 unspecified atom stereocenters. The van der Waals surface area contributed by atoms with Crippen molar-refractivity contribution in [1.29, 1.82) is 0 Å². The summed E-state index contributed by atoms with van der Waals surface area (Å²) in [4.78, 5) is 59.7. The summed E-state index contributed by atoms with van der Waals surface area (Å²) in [7, 11) is 0. The minimum atomic E-state index is -1.59. The Hall–Kier alpha value is -4.80. The van der Waals surface area contributed by atoms with Crippen molar-refractivity contribution in [1.82, 2.24) is 5.01 Å². The van der Waals surface area contributed by atoms with E-state index in [1.54, 1.807) is 48.5 Å². The van der Waals surface area contributed by atoms with E-state index in [4.69, 9.17) is 11.6 Å². The van der Waals surface area contributed by atoms with Crippen molar-refractivity contribution in [3.8, 4) is 5.75 Å². The van der Waals surface area contributed by atoms with Gasteiger partial charge in [0.2, 0.25) is 11.8 Å². The fraction of sp³-hybridized carbons (Fsp3) is 0.250. The van der Waals surface area contributed by atoms with Crippen molar-refractivity contribution in [3.63, 3.8) is 0 Å². The van der Waals surface area contributed by atoms with Crippen LogP contribution in [-0.2, 0) is 31.0 Å². The molecule has 4 aliphatic rings. The van der Waals surface area contributed by atoms with E-state index < -0.39 is 52.6 Å². The van der Waals surface area contributed by atoms with Crippen LogP contribution in [0, 0.1) is 29.5 Å². The first kappa shape index (κ1) is 33.3. The zero-order chi connectivity index (χ0) is 35.8. The van der Waals surface area contributed by atoms with Crippen molar-refractivity contribution in [2.24, 2.45) is 23.7 Å². The zero-order valence-corrected chi connectivity index (χ0v) is 29.7. The third kappa shape index (κ3) is 5.05. The molecule has 0 aromatic heterocycles. The number of hydrazine groups is 1. The number of aryl methyl sites for hydroxylation is 1. The molecule has 8 nitrogen and oxygen atoms in total. The lowest BCUT2D eigenvalue weighted by Crippen LogP contribution is -2.53. The molecule has 0 spiro atoms. The summed E-state index contributed by atoms with van der Waals surface area (Å²) in [5.74, 6) is -6.30. The Balaban J connectivity index is 1.32. The SMILES string of the molecule is CCc1ccc(N2C(=O)[C@H]3[C@H](CC=C4[C@H]3C[C@H]3C(=O)N(Nc5ccc(F)cc5)C(=O)[C@@]3(c3ccc(Cl)cc3)[C@H]4c3cc(Br)ccc3O)C2=O)cc1.